The molecule has 0 spiro atoms. The van der Waals surface area contributed by atoms with Crippen LogP contribution in [0.1, 0.15) is 49.9 Å². The van der Waals surface area contributed by atoms with E-state index >= 15 is 0 Å². The first-order valence-corrected chi connectivity index (χ1v) is 21.6. The molecule has 0 bridgehead atoms. The molecule has 310 valence electrons. The first-order valence-electron chi connectivity index (χ1n) is 20.1. The van der Waals surface area contributed by atoms with Gasteiger partial charge in [-0.25, -0.2) is 0 Å². The monoisotopic (exact) mass is 820 g/mol. The Morgan fingerprint density at radius 1 is 0.525 bits per heavy atom. The normalized spacial score (nSPS) is 22.6. The van der Waals surface area contributed by atoms with Crippen molar-refractivity contribution in [1.29, 1.82) is 0 Å². The molecular formula is C47H53BO10S. The Bertz CT molecular complexity index is 2120. The van der Waals surface area contributed by atoms with E-state index in [1.807, 2.05) is 149 Å². The van der Waals surface area contributed by atoms with Crippen LogP contribution in [-0.4, -0.2) is 69.6 Å². The second-order valence-corrected chi connectivity index (χ2v) is 17.6. The van der Waals surface area contributed by atoms with Crippen LogP contribution in [0.5, 0.6) is 5.75 Å². The van der Waals surface area contributed by atoms with Gasteiger partial charge >= 0.3 is 17.2 Å². The minimum atomic E-state index is -4.27. The molecule has 59 heavy (non-hydrogen) atoms. The lowest BCUT2D eigenvalue weighted by atomic mass is 9.79. The third kappa shape index (κ3) is 11.5. The zero-order chi connectivity index (χ0) is 41.3. The van der Waals surface area contributed by atoms with Gasteiger partial charge in [0, 0.05) is 0 Å². The molecule has 2 saturated heterocycles. The Hall–Kier alpha value is -4.37. The maximum atomic E-state index is 14.1. The van der Waals surface area contributed by atoms with Crippen LogP contribution < -0.4 is 9.65 Å². The van der Waals surface area contributed by atoms with Gasteiger partial charge in [-0.1, -0.05) is 133 Å². The maximum absolute atomic E-state index is 14.1. The molecule has 10 nitrogen and oxygen atoms in total. The Morgan fingerprint density at radius 2 is 0.932 bits per heavy atom. The van der Waals surface area contributed by atoms with Crippen LogP contribution in [0.2, 0.25) is 0 Å². The lowest BCUT2D eigenvalue weighted by Gasteiger charge is -2.46. The van der Waals surface area contributed by atoms with Gasteiger partial charge in [-0.3, -0.25) is 0 Å². The molecular weight excluding hydrogens is 767 g/mol. The molecule has 5 aromatic carbocycles. The third-order valence-corrected chi connectivity index (χ3v) is 12.2. The molecule has 5 aromatic rings. The van der Waals surface area contributed by atoms with Crippen molar-refractivity contribution in [2.75, 3.05) is 12.4 Å². The van der Waals surface area contributed by atoms with Crippen LogP contribution in [0.3, 0.4) is 0 Å². The second-order valence-electron chi connectivity index (χ2n) is 16.0. The molecule has 0 N–H and O–H groups in total. The summed E-state index contributed by atoms with van der Waals surface area (Å²) in [5, 5.41) is 0. The second kappa shape index (κ2) is 19.3. The van der Waals surface area contributed by atoms with Crippen molar-refractivity contribution in [3.05, 3.63) is 168 Å². The molecule has 2 aliphatic rings. The largest absolute Gasteiger partial charge is 0.494 e. The van der Waals surface area contributed by atoms with Gasteiger partial charge in [0.15, 0.2) is 0 Å². The van der Waals surface area contributed by atoms with Crippen LogP contribution in [0.4, 0.5) is 0 Å². The van der Waals surface area contributed by atoms with Gasteiger partial charge in [-0.15, -0.1) is 0 Å². The molecule has 2 heterocycles. The minimum absolute atomic E-state index is 0.0999. The molecule has 2 unspecified atom stereocenters. The fourth-order valence-electron chi connectivity index (χ4n) is 7.06. The standard InChI is InChI=1S/C47H53BO10S/c1-46(2)47(3,4)58-48(57-46)39-25-27-40(28-26-39)56-59(49,50)34-42-44(53-31-37-21-13-7-14-22-37)45(54-32-38-23-15-8-16-24-38)43(52-30-36-19-11-6-12-20-36)41(55-42)33-51-29-35-17-9-5-10-18-35/h5-28,41-45H,29-34H2,1-4H3/t41?,42-,43-,44?,45-/m0/s1. The SMILES string of the molecule is CC1(C)OB(c2ccc(OS(=O)(=O)C[C@@H]3OC(COCc4ccccc4)[C@H](OCc4ccccc4)[C@H](OCc4ccccc4)C3OCc3ccccc3)cc2)OC1(C)C. The van der Waals surface area contributed by atoms with E-state index in [1.165, 1.54) is 0 Å². The third-order valence-electron chi connectivity index (χ3n) is 11.0. The summed E-state index contributed by atoms with van der Waals surface area (Å²) in [5.74, 6) is -0.386. The highest BCUT2D eigenvalue weighted by Gasteiger charge is 2.52. The summed E-state index contributed by atoms with van der Waals surface area (Å²) in [6.07, 6.45) is -4.15. The van der Waals surface area contributed by atoms with Gasteiger partial charge in [0.05, 0.1) is 44.2 Å². The highest BCUT2D eigenvalue weighted by atomic mass is 32.2. The summed E-state index contributed by atoms with van der Waals surface area (Å²) in [6, 6.07) is 45.9. The Balaban J connectivity index is 1.17. The van der Waals surface area contributed by atoms with Crippen LogP contribution in [0.15, 0.2) is 146 Å². The van der Waals surface area contributed by atoms with Crippen molar-refractivity contribution >= 4 is 22.7 Å². The molecule has 0 aromatic heterocycles. The molecule has 2 fully saturated rings. The lowest BCUT2D eigenvalue weighted by Crippen LogP contribution is -2.62. The van der Waals surface area contributed by atoms with Gasteiger partial charge in [0.2, 0.25) is 0 Å². The predicted molar refractivity (Wildman–Crippen MR) is 226 cm³/mol. The predicted octanol–water partition coefficient (Wildman–Crippen LogP) is 7.43. The van der Waals surface area contributed by atoms with E-state index in [0.717, 1.165) is 27.7 Å². The number of hydrogen-bond donors (Lipinski definition) is 0. The number of hydrogen-bond acceptors (Lipinski definition) is 10. The van der Waals surface area contributed by atoms with Crippen molar-refractivity contribution in [2.24, 2.45) is 0 Å². The van der Waals surface area contributed by atoms with Gasteiger partial charge in [-0.05, 0) is 67.5 Å². The fraction of sp³-hybridized carbons (Fsp3) is 0.362. The molecule has 0 amide bonds. The van der Waals surface area contributed by atoms with Crippen molar-refractivity contribution in [1.82, 2.24) is 0 Å². The van der Waals surface area contributed by atoms with Gasteiger partial charge in [0.1, 0.15) is 42.0 Å². The van der Waals surface area contributed by atoms with Gasteiger partial charge in [0.25, 0.3) is 0 Å². The molecule has 0 aliphatic carbocycles. The van der Waals surface area contributed by atoms with E-state index in [2.05, 4.69) is 0 Å². The number of benzene rings is 5. The van der Waals surface area contributed by atoms with Crippen molar-refractivity contribution in [3.63, 3.8) is 0 Å². The van der Waals surface area contributed by atoms with Gasteiger partial charge < -0.3 is 37.2 Å². The van der Waals surface area contributed by atoms with E-state index in [4.69, 9.17) is 37.2 Å². The molecule has 2 aliphatic heterocycles. The average molecular weight is 821 g/mol. The molecule has 7 rings (SSSR count). The van der Waals surface area contributed by atoms with E-state index in [9.17, 15) is 8.42 Å². The first kappa shape index (κ1) is 42.7. The Labute approximate surface area is 348 Å². The Morgan fingerprint density at radius 3 is 1.39 bits per heavy atom. The quantitative estimate of drug-likeness (QED) is 0.0655. The van der Waals surface area contributed by atoms with Crippen LogP contribution in [0, 0.1) is 0 Å². The zero-order valence-corrected chi connectivity index (χ0v) is 34.9. The van der Waals surface area contributed by atoms with Crippen LogP contribution in [-0.2, 0) is 69.5 Å². The van der Waals surface area contributed by atoms with E-state index in [0.29, 0.717) is 6.61 Å². The maximum Gasteiger partial charge on any atom is 0.494 e. The summed E-state index contributed by atoms with van der Waals surface area (Å²) in [6.45, 7) is 9.02. The van der Waals surface area contributed by atoms with Crippen molar-refractivity contribution < 1.29 is 45.6 Å². The molecule has 5 atom stereocenters. The summed E-state index contributed by atoms with van der Waals surface area (Å²) in [4.78, 5) is 0. The number of rotatable bonds is 18. The highest BCUT2D eigenvalue weighted by Crippen LogP contribution is 2.37. The van der Waals surface area contributed by atoms with Crippen molar-refractivity contribution in [3.8, 4) is 5.75 Å². The molecule has 0 saturated carbocycles. The summed E-state index contributed by atoms with van der Waals surface area (Å²) in [7, 11) is -4.88. The first-order chi connectivity index (χ1) is 28.4. The van der Waals surface area contributed by atoms with Crippen molar-refractivity contribution in [2.45, 2.75) is 95.8 Å². The number of ether oxygens (including phenoxy) is 5. The highest BCUT2D eigenvalue weighted by molar-refractivity contribution is 7.87. The molecule has 12 heteroatoms. The van der Waals surface area contributed by atoms with E-state index in [1.54, 1.807) is 24.3 Å². The van der Waals surface area contributed by atoms with Crippen LogP contribution in [0.25, 0.3) is 0 Å². The fourth-order valence-corrected chi connectivity index (χ4v) is 8.20. The Kier molecular flexibility index (Phi) is 14.0. The lowest BCUT2D eigenvalue weighted by molar-refractivity contribution is -0.268. The van der Waals surface area contributed by atoms with Crippen LogP contribution >= 0.6 is 0 Å². The minimum Gasteiger partial charge on any atom is -0.399 e. The summed E-state index contributed by atoms with van der Waals surface area (Å²) in [5.41, 5.74) is 3.50. The smallest absolute Gasteiger partial charge is 0.399 e. The van der Waals surface area contributed by atoms with E-state index in [-0.39, 0.29) is 32.2 Å². The average Bonchev–Trinajstić information content (AvgIpc) is 3.46. The van der Waals surface area contributed by atoms with E-state index < -0.39 is 64.7 Å². The zero-order valence-electron chi connectivity index (χ0n) is 34.1. The summed E-state index contributed by atoms with van der Waals surface area (Å²) < 4.78 is 79.4. The topological polar surface area (TPSA) is 108 Å². The van der Waals surface area contributed by atoms with Gasteiger partial charge in [-0.2, -0.15) is 8.42 Å². The molecule has 0 radical (unpaired) electrons. The summed E-state index contributed by atoms with van der Waals surface area (Å²) >= 11 is 0.